The molecule has 3 aromatic rings. The van der Waals surface area contributed by atoms with Gasteiger partial charge in [0.05, 0.1) is 11.1 Å². The number of halogens is 6. The third-order valence-electron chi connectivity index (χ3n) is 3.82. The van der Waals surface area contributed by atoms with E-state index < -0.39 is 56.8 Å². The zero-order valence-corrected chi connectivity index (χ0v) is 15.8. The molecule has 2 aromatic heterocycles. The van der Waals surface area contributed by atoms with Crippen molar-refractivity contribution in [2.24, 2.45) is 0 Å². The van der Waals surface area contributed by atoms with Gasteiger partial charge in [0.15, 0.2) is 0 Å². The lowest BCUT2D eigenvalue weighted by Gasteiger charge is -2.21. The lowest BCUT2D eigenvalue weighted by molar-refractivity contribution is -0.138. The van der Waals surface area contributed by atoms with Crippen molar-refractivity contribution in [3.05, 3.63) is 35.2 Å². The first kappa shape index (κ1) is 20.4. The molecule has 1 unspecified atom stereocenters. The van der Waals surface area contributed by atoms with Gasteiger partial charge < -0.3 is 5.32 Å². The fourth-order valence-corrected chi connectivity index (χ4v) is 3.21. The number of nitrogens with one attached hydrogen (secondary N) is 1. The number of benzene rings is 1. The first-order valence-electron chi connectivity index (χ1n) is 7.56. The van der Waals surface area contributed by atoms with E-state index in [0.717, 1.165) is 29.9 Å². The van der Waals surface area contributed by atoms with Crippen molar-refractivity contribution >= 4 is 34.0 Å². The molecule has 6 nitrogen and oxygen atoms in total. The van der Waals surface area contributed by atoms with E-state index in [1.807, 2.05) is 0 Å². The van der Waals surface area contributed by atoms with E-state index in [9.17, 15) is 26.2 Å². The summed E-state index contributed by atoms with van der Waals surface area (Å²) >= 11 is 6.04. The van der Waals surface area contributed by atoms with Crippen molar-refractivity contribution in [2.45, 2.75) is 24.0 Å². The standard InChI is InChI=1S/C15H11ClF5N5OS/c1-6(15(19,20)21)24-13-11(12(16)25-14-22-5-23-26(13)14)10-8(17)3-7(28(2)27)4-9(10)18/h3-6,24H,1-2H3/t6-,28?/m0/s1. The minimum absolute atomic E-state index is 0.136. The van der Waals surface area contributed by atoms with Crippen LogP contribution in [0.15, 0.2) is 23.4 Å². The van der Waals surface area contributed by atoms with Crippen molar-refractivity contribution in [3.8, 4) is 11.1 Å². The van der Waals surface area contributed by atoms with Crippen LogP contribution in [-0.4, -0.2) is 42.3 Å². The molecule has 0 spiro atoms. The van der Waals surface area contributed by atoms with Gasteiger partial charge >= 0.3 is 6.18 Å². The van der Waals surface area contributed by atoms with Crippen LogP contribution in [0.2, 0.25) is 5.15 Å². The third-order valence-corrected chi connectivity index (χ3v) is 5.00. The van der Waals surface area contributed by atoms with Crippen molar-refractivity contribution in [1.29, 1.82) is 0 Å². The van der Waals surface area contributed by atoms with Crippen LogP contribution in [0.25, 0.3) is 16.9 Å². The maximum Gasteiger partial charge on any atom is 0.408 e. The fourth-order valence-electron chi connectivity index (χ4n) is 2.41. The maximum absolute atomic E-state index is 14.7. The van der Waals surface area contributed by atoms with Crippen LogP contribution in [0.4, 0.5) is 27.8 Å². The zero-order chi connectivity index (χ0) is 20.8. The number of alkyl halides is 3. The van der Waals surface area contributed by atoms with Gasteiger partial charge in [-0.25, -0.2) is 8.78 Å². The van der Waals surface area contributed by atoms with E-state index in [1.165, 1.54) is 6.26 Å². The minimum Gasteiger partial charge on any atom is -0.358 e. The molecular weight excluding hydrogens is 429 g/mol. The van der Waals surface area contributed by atoms with E-state index >= 15 is 0 Å². The Kier molecular flexibility index (Phi) is 5.28. The summed E-state index contributed by atoms with van der Waals surface area (Å²) in [6.07, 6.45) is -2.44. The average Bonchev–Trinajstić information content (AvgIpc) is 3.03. The van der Waals surface area contributed by atoms with Gasteiger partial charge in [0.25, 0.3) is 5.78 Å². The predicted octanol–water partition coefficient (Wildman–Crippen LogP) is 3.82. The molecule has 0 aliphatic carbocycles. The van der Waals surface area contributed by atoms with Gasteiger partial charge in [-0.2, -0.15) is 32.8 Å². The highest BCUT2D eigenvalue weighted by Crippen LogP contribution is 2.39. The molecule has 3 rings (SSSR count). The zero-order valence-electron chi connectivity index (χ0n) is 14.2. The van der Waals surface area contributed by atoms with Gasteiger partial charge in [-0.3, -0.25) is 4.21 Å². The van der Waals surface area contributed by atoms with Crippen LogP contribution < -0.4 is 5.32 Å². The molecule has 0 saturated heterocycles. The Hall–Kier alpha value is -2.34. The number of fused-ring (bicyclic) bond motifs is 1. The first-order chi connectivity index (χ1) is 13.0. The third kappa shape index (κ3) is 3.65. The summed E-state index contributed by atoms with van der Waals surface area (Å²) in [5.74, 6) is -2.95. The highest BCUT2D eigenvalue weighted by molar-refractivity contribution is 7.84. The summed E-state index contributed by atoms with van der Waals surface area (Å²) in [7, 11) is -1.68. The van der Waals surface area contributed by atoms with Gasteiger partial charge in [0, 0.05) is 22.0 Å². The van der Waals surface area contributed by atoms with Crippen LogP contribution in [0.3, 0.4) is 0 Å². The second-order valence-corrected chi connectivity index (χ2v) is 7.46. The number of hydrogen-bond acceptors (Lipinski definition) is 5. The Labute approximate surface area is 162 Å². The molecule has 1 N–H and O–H groups in total. The fraction of sp³-hybridized carbons (Fsp3) is 0.267. The lowest BCUT2D eigenvalue weighted by atomic mass is 10.1. The van der Waals surface area contributed by atoms with Gasteiger partial charge in [0.1, 0.15) is 35.0 Å². The minimum atomic E-state index is -4.67. The molecule has 0 fully saturated rings. The van der Waals surface area contributed by atoms with Gasteiger partial charge in [-0.05, 0) is 19.1 Å². The van der Waals surface area contributed by atoms with Crippen molar-refractivity contribution < 1.29 is 26.2 Å². The van der Waals surface area contributed by atoms with E-state index in [1.54, 1.807) is 0 Å². The Bertz CT molecular complexity index is 1060. The van der Waals surface area contributed by atoms with E-state index in [-0.39, 0.29) is 10.7 Å². The van der Waals surface area contributed by atoms with Crippen LogP contribution in [0.1, 0.15) is 6.92 Å². The summed E-state index contributed by atoms with van der Waals surface area (Å²) in [5, 5.41) is 5.39. The highest BCUT2D eigenvalue weighted by Gasteiger charge is 2.37. The summed E-state index contributed by atoms with van der Waals surface area (Å²) in [4.78, 5) is 7.42. The van der Waals surface area contributed by atoms with E-state index in [2.05, 4.69) is 20.4 Å². The molecule has 0 amide bonds. The topological polar surface area (TPSA) is 72.2 Å². The lowest BCUT2D eigenvalue weighted by Crippen LogP contribution is -2.34. The normalized spacial score (nSPS) is 14.3. The summed E-state index contributed by atoms with van der Waals surface area (Å²) in [6, 6.07) is -0.480. The number of anilines is 1. The molecular formula is C15H11ClF5N5OS. The van der Waals surface area contributed by atoms with Gasteiger partial charge in [-0.15, -0.1) is 0 Å². The van der Waals surface area contributed by atoms with Crippen molar-refractivity contribution in [2.75, 3.05) is 11.6 Å². The van der Waals surface area contributed by atoms with Gasteiger partial charge in [-0.1, -0.05) is 11.6 Å². The summed E-state index contributed by atoms with van der Waals surface area (Å²) in [5.41, 5.74) is -1.21. The average molecular weight is 440 g/mol. The second-order valence-electron chi connectivity index (χ2n) is 5.72. The Morgan fingerprint density at radius 1 is 1.21 bits per heavy atom. The Morgan fingerprint density at radius 2 is 1.82 bits per heavy atom. The largest absolute Gasteiger partial charge is 0.408 e. The Morgan fingerprint density at radius 3 is 2.36 bits per heavy atom. The SMILES string of the molecule is C[C@H](Nc1c(-c2c(F)cc(S(C)=O)cc2F)c(Cl)nc2ncnn12)C(F)(F)F. The number of rotatable bonds is 4. The van der Waals surface area contributed by atoms with E-state index in [0.29, 0.717) is 0 Å². The molecule has 0 saturated carbocycles. The first-order valence-corrected chi connectivity index (χ1v) is 9.49. The number of aromatic nitrogens is 4. The molecule has 150 valence electrons. The highest BCUT2D eigenvalue weighted by atomic mass is 35.5. The smallest absolute Gasteiger partial charge is 0.358 e. The molecule has 0 aliphatic rings. The molecule has 0 bridgehead atoms. The molecule has 2 heterocycles. The predicted molar refractivity (Wildman–Crippen MR) is 92.6 cm³/mol. The van der Waals surface area contributed by atoms with E-state index in [4.69, 9.17) is 11.6 Å². The number of nitrogens with zero attached hydrogens (tertiary/aromatic N) is 4. The second kappa shape index (κ2) is 7.24. The van der Waals surface area contributed by atoms with Crippen LogP contribution >= 0.6 is 11.6 Å². The van der Waals surface area contributed by atoms with Crippen LogP contribution in [0.5, 0.6) is 0 Å². The molecule has 0 aliphatic heterocycles. The summed E-state index contributed by atoms with van der Waals surface area (Å²) in [6.45, 7) is 0.816. The molecule has 1 aromatic carbocycles. The van der Waals surface area contributed by atoms with Crippen LogP contribution in [-0.2, 0) is 10.8 Å². The van der Waals surface area contributed by atoms with Gasteiger partial charge in [0.2, 0.25) is 0 Å². The quantitative estimate of drug-likeness (QED) is 0.494. The summed E-state index contributed by atoms with van der Waals surface area (Å²) < 4.78 is 80.9. The van der Waals surface area contributed by atoms with Crippen molar-refractivity contribution in [3.63, 3.8) is 0 Å². The Balaban J connectivity index is 2.31. The monoisotopic (exact) mass is 439 g/mol. The number of hydrogen-bond donors (Lipinski definition) is 1. The molecule has 2 atom stereocenters. The molecule has 28 heavy (non-hydrogen) atoms. The van der Waals surface area contributed by atoms with Crippen molar-refractivity contribution in [1.82, 2.24) is 19.6 Å². The maximum atomic E-state index is 14.7. The molecule has 13 heteroatoms. The molecule has 0 radical (unpaired) electrons. The van der Waals surface area contributed by atoms with Crippen LogP contribution in [0, 0.1) is 11.6 Å².